The molecular formula is C19H26N6O3. The van der Waals surface area contributed by atoms with Crippen LogP contribution in [0, 0.1) is 5.41 Å². The molecule has 0 spiro atoms. The molecule has 2 fully saturated rings. The maximum absolute atomic E-state index is 13.0. The van der Waals surface area contributed by atoms with E-state index < -0.39 is 0 Å². The maximum Gasteiger partial charge on any atom is 0.289 e. The van der Waals surface area contributed by atoms with Gasteiger partial charge in [-0.3, -0.25) is 9.59 Å². The molecule has 2 aromatic heterocycles. The molecule has 4 rings (SSSR count). The minimum atomic E-state index is -0.112. The summed E-state index contributed by atoms with van der Waals surface area (Å²) >= 11 is 0. The lowest BCUT2D eigenvalue weighted by atomic mass is 9.71. The lowest BCUT2D eigenvalue weighted by Gasteiger charge is -2.40. The molecule has 2 amide bonds. The average Bonchev–Trinajstić information content (AvgIpc) is 3.42. The third kappa shape index (κ3) is 4.07. The second-order valence-corrected chi connectivity index (χ2v) is 7.90. The summed E-state index contributed by atoms with van der Waals surface area (Å²) in [6.07, 6.45) is 9.19. The van der Waals surface area contributed by atoms with Crippen LogP contribution < -0.4 is 0 Å². The van der Waals surface area contributed by atoms with Crippen molar-refractivity contribution in [2.75, 3.05) is 26.2 Å². The van der Waals surface area contributed by atoms with Crippen LogP contribution in [0.2, 0.25) is 0 Å². The molecule has 9 nitrogen and oxygen atoms in total. The van der Waals surface area contributed by atoms with Crippen molar-refractivity contribution in [3.05, 3.63) is 30.5 Å². The molecule has 9 heteroatoms. The van der Waals surface area contributed by atoms with Crippen LogP contribution in [0.1, 0.15) is 49.1 Å². The van der Waals surface area contributed by atoms with E-state index in [1.165, 1.54) is 12.7 Å². The van der Waals surface area contributed by atoms with Gasteiger partial charge in [0.05, 0.1) is 12.8 Å². The van der Waals surface area contributed by atoms with Gasteiger partial charge >= 0.3 is 0 Å². The summed E-state index contributed by atoms with van der Waals surface area (Å²) in [5.74, 6) is 0.405. The van der Waals surface area contributed by atoms with E-state index in [2.05, 4.69) is 15.5 Å². The summed E-state index contributed by atoms with van der Waals surface area (Å²) in [7, 11) is 0. The van der Waals surface area contributed by atoms with Crippen LogP contribution in [0.5, 0.6) is 0 Å². The Labute approximate surface area is 163 Å². The summed E-state index contributed by atoms with van der Waals surface area (Å²) in [6, 6.07) is 3.38. The molecule has 1 saturated carbocycles. The van der Waals surface area contributed by atoms with Gasteiger partial charge in [0.15, 0.2) is 5.76 Å². The van der Waals surface area contributed by atoms with Crippen LogP contribution in [-0.4, -0.2) is 68.0 Å². The number of tetrazole rings is 1. The first-order valence-electron chi connectivity index (χ1n) is 9.97. The van der Waals surface area contributed by atoms with Crippen LogP contribution in [0.25, 0.3) is 0 Å². The predicted molar refractivity (Wildman–Crippen MR) is 99.1 cm³/mol. The van der Waals surface area contributed by atoms with Crippen LogP contribution in [0.3, 0.4) is 0 Å². The van der Waals surface area contributed by atoms with Crippen molar-refractivity contribution in [3.8, 4) is 0 Å². The standard InChI is InChI=1S/C19H26N6O3/c26-17(13-19(6-2-1-3-7-19)14-25-15-20-21-22-25)23-8-10-24(11-9-23)18(27)16-5-4-12-28-16/h4-5,12,15H,1-3,6-11,13-14H2. The van der Waals surface area contributed by atoms with Crippen LogP contribution in [0.4, 0.5) is 0 Å². The number of carbonyl (C=O) groups is 2. The van der Waals surface area contributed by atoms with E-state index in [1.54, 1.807) is 28.0 Å². The fourth-order valence-corrected chi connectivity index (χ4v) is 4.44. The summed E-state index contributed by atoms with van der Waals surface area (Å²) in [4.78, 5) is 29.1. The molecule has 0 atom stereocenters. The number of carbonyl (C=O) groups excluding carboxylic acids is 2. The predicted octanol–water partition coefficient (Wildman–Crippen LogP) is 1.59. The van der Waals surface area contributed by atoms with Crippen LogP contribution >= 0.6 is 0 Å². The van der Waals surface area contributed by atoms with Crippen LogP contribution in [-0.2, 0) is 11.3 Å². The zero-order valence-corrected chi connectivity index (χ0v) is 16.0. The minimum absolute atomic E-state index is 0.0775. The van der Waals surface area contributed by atoms with E-state index in [9.17, 15) is 9.59 Å². The van der Waals surface area contributed by atoms with Crippen molar-refractivity contribution >= 4 is 11.8 Å². The number of aromatic nitrogens is 4. The van der Waals surface area contributed by atoms with Gasteiger partial charge in [-0.25, -0.2) is 4.68 Å². The van der Waals surface area contributed by atoms with Gasteiger partial charge in [0.2, 0.25) is 5.91 Å². The number of hydrogen-bond donors (Lipinski definition) is 0. The lowest BCUT2D eigenvalue weighted by molar-refractivity contribution is -0.136. The molecule has 0 N–H and O–H groups in total. The van der Waals surface area contributed by atoms with Crippen molar-refractivity contribution in [1.29, 1.82) is 0 Å². The van der Waals surface area contributed by atoms with Gasteiger partial charge in [-0.1, -0.05) is 19.3 Å². The van der Waals surface area contributed by atoms with Crippen molar-refractivity contribution in [3.63, 3.8) is 0 Å². The fourth-order valence-electron chi connectivity index (χ4n) is 4.44. The third-order valence-electron chi connectivity index (χ3n) is 5.98. The molecule has 0 aromatic carbocycles. The van der Waals surface area contributed by atoms with Crippen LogP contribution in [0.15, 0.2) is 29.1 Å². The third-order valence-corrected chi connectivity index (χ3v) is 5.98. The van der Waals surface area contributed by atoms with E-state index >= 15 is 0 Å². The van der Waals surface area contributed by atoms with Crippen molar-refractivity contribution in [2.45, 2.75) is 45.1 Å². The molecule has 150 valence electrons. The molecular weight excluding hydrogens is 360 g/mol. The Morgan fingerprint density at radius 3 is 2.46 bits per heavy atom. The molecule has 0 bridgehead atoms. The summed E-state index contributed by atoms with van der Waals surface area (Å²) in [5.41, 5.74) is -0.0775. The summed E-state index contributed by atoms with van der Waals surface area (Å²) < 4.78 is 6.94. The number of hydrogen-bond acceptors (Lipinski definition) is 6. The quantitative estimate of drug-likeness (QED) is 0.774. The van der Waals surface area contributed by atoms with E-state index in [0.717, 1.165) is 25.7 Å². The number of rotatable bonds is 5. The Hall–Kier alpha value is -2.71. The highest BCUT2D eigenvalue weighted by molar-refractivity contribution is 5.91. The second kappa shape index (κ2) is 8.12. The van der Waals surface area contributed by atoms with Crippen molar-refractivity contribution < 1.29 is 14.0 Å². The van der Waals surface area contributed by atoms with E-state index in [-0.39, 0.29) is 17.2 Å². The highest BCUT2D eigenvalue weighted by atomic mass is 16.3. The molecule has 2 aliphatic rings. The first-order valence-corrected chi connectivity index (χ1v) is 9.97. The molecule has 0 radical (unpaired) electrons. The molecule has 28 heavy (non-hydrogen) atoms. The monoisotopic (exact) mass is 386 g/mol. The van der Waals surface area contributed by atoms with E-state index in [0.29, 0.717) is 44.9 Å². The minimum Gasteiger partial charge on any atom is -0.459 e. The molecule has 1 aliphatic carbocycles. The second-order valence-electron chi connectivity index (χ2n) is 7.90. The maximum atomic E-state index is 13.0. The Bertz CT molecular complexity index is 775. The largest absolute Gasteiger partial charge is 0.459 e. The fraction of sp³-hybridized carbons (Fsp3) is 0.632. The number of piperazine rings is 1. The zero-order chi connectivity index (χ0) is 19.4. The molecule has 1 aliphatic heterocycles. The first kappa shape index (κ1) is 18.6. The summed E-state index contributed by atoms with van der Waals surface area (Å²) in [6.45, 7) is 2.87. The van der Waals surface area contributed by atoms with Gasteiger partial charge in [-0.05, 0) is 40.8 Å². The SMILES string of the molecule is O=C(CC1(Cn2cnnn2)CCCCC1)N1CCN(C(=O)c2ccco2)CC1. The zero-order valence-electron chi connectivity index (χ0n) is 16.0. The molecule has 3 heterocycles. The van der Waals surface area contributed by atoms with Crippen molar-refractivity contribution in [1.82, 2.24) is 30.0 Å². The molecule has 1 saturated heterocycles. The summed E-state index contributed by atoms with van der Waals surface area (Å²) in [5, 5.41) is 11.5. The molecule has 2 aromatic rings. The number of furan rings is 1. The Morgan fingerprint density at radius 1 is 1.07 bits per heavy atom. The average molecular weight is 386 g/mol. The van der Waals surface area contributed by atoms with Gasteiger partial charge in [0, 0.05) is 32.6 Å². The Kier molecular flexibility index (Phi) is 5.40. The molecule has 0 unspecified atom stereocenters. The van der Waals surface area contributed by atoms with Gasteiger partial charge < -0.3 is 14.2 Å². The van der Waals surface area contributed by atoms with E-state index in [4.69, 9.17) is 4.42 Å². The van der Waals surface area contributed by atoms with Gasteiger partial charge in [-0.2, -0.15) is 0 Å². The number of amides is 2. The Morgan fingerprint density at radius 2 is 1.82 bits per heavy atom. The normalized spacial score (nSPS) is 19.6. The highest BCUT2D eigenvalue weighted by Crippen LogP contribution is 2.41. The topological polar surface area (TPSA) is 97.4 Å². The smallest absolute Gasteiger partial charge is 0.289 e. The van der Waals surface area contributed by atoms with Gasteiger partial charge in [0.1, 0.15) is 6.33 Å². The van der Waals surface area contributed by atoms with Gasteiger partial charge in [0.25, 0.3) is 5.91 Å². The highest BCUT2D eigenvalue weighted by Gasteiger charge is 2.37. The van der Waals surface area contributed by atoms with Crippen molar-refractivity contribution in [2.24, 2.45) is 5.41 Å². The van der Waals surface area contributed by atoms with E-state index in [1.807, 2.05) is 4.90 Å². The number of nitrogens with zero attached hydrogens (tertiary/aromatic N) is 6. The van der Waals surface area contributed by atoms with Gasteiger partial charge in [-0.15, -0.1) is 5.10 Å². The first-order chi connectivity index (χ1) is 13.7. The lowest BCUT2D eigenvalue weighted by Crippen LogP contribution is -2.51. The Balaban J connectivity index is 1.35.